The molecule has 2 aromatic carbocycles. The van der Waals surface area contributed by atoms with E-state index in [2.05, 4.69) is 0 Å². The lowest BCUT2D eigenvalue weighted by molar-refractivity contribution is 0.00578. The van der Waals surface area contributed by atoms with Crippen molar-refractivity contribution >= 4 is 39.3 Å². The standard InChI is InChI=1S/C27H34BNO6S/c1-17-10-12-18(13-11-17)36(31,32)29-16-19(24(30)25(2,3)4)22-20(14-15-21(33-9)23(22)29)28-34-26(5,6)27(7,8)35-28/h10-16H,1-9H3. The summed E-state index contributed by atoms with van der Waals surface area (Å²) in [5.74, 6) is 0.130. The average molecular weight is 511 g/mol. The molecule has 7 nitrogen and oxygen atoms in total. The van der Waals surface area contributed by atoms with Crippen LogP contribution in [0.3, 0.4) is 0 Å². The topological polar surface area (TPSA) is 83.8 Å². The van der Waals surface area contributed by atoms with Crippen LogP contribution in [0.15, 0.2) is 47.5 Å². The van der Waals surface area contributed by atoms with E-state index < -0.39 is 33.8 Å². The highest BCUT2D eigenvalue weighted by Crippen LogP contribution is 2.40. The number of hydrogen-bond donors (Lipinski definition) is 0. The van der Waals surface area contributed by atoms with Crippen molar-refractivity contribution in [1.82, 2.24) is 3.97 Å². The lowest BCUT2D eigenvalue weighted by atomic mass is 9.74. The number of aromatic nitrogens is 1. The number of benzene rings is 2. The zero-order valence-corrected chi connectivity index (χ0v) is 23.2. The summed E-state index contributed by atoms with van der Waals surface area (Å²) in [4.78, 5) is 13.8. The van der Waals surface area contributed by atoms with Gasteiger partial charge in [0.1, 0.15) is 11.3 Å². The van der Waals surface area contributed by atoms with Crippen LogP contribution in [0.4, 0.5) is 0 Å². The van der Waals surface area contributed by atoms with E-state index in [-0.39, 0.29) is 21.8 Å². The summed E-state index contributed by atoms with van der Waals surface area (Å²) in [6, 6.07) is 10.1. The van der Waals surface area contributed by atoms with Gasteiger partial charge in [0.15, 0.2) is 5.78 Å². The van der Waals surface area contributed by atoms with Crippen molar-refractivity contribution in [2.75, 3.05) is 7.11 Å². The smallest absolute Gasteiger partial charge is 0.495 e. The molecule has 0 amide bonds. The number of aryl methyl sites for hydroxylation is 1. The highest BCUT2D eigenvalue weighted by molar-refractivity contribution is 7.90. The van der Waals surface area contributed by atoms with Gasteiger partial charge in [0.25, 0.3) is 10.0 Å². The summed E-state index contributed by atoms with van der Waals surface area (Å²) in [5, 5.41) is 0.448. The van der Waals surface area contributed by atoms with Crippen molar-refractivity contribution in [3.63, 3.8) is 0 Å². The first-order valence-corrected chi connectivity index (χ1v) is 13.4. The van der Waals surface area contributed by atoms with Crippen molar-refractivity contribution in [3.8, 4) is 5.75 Å². The van der Waals surface area contributed by atoms with Gasteiger partial charge in [0.2, 0.25) is 0 Å². The van der Waals surface area contributed by atoms with Gasteiger partial charge in [-0.1, -0.05) is 44.5 Å². The van der Waals surface area contributed by atoms with E-state index in [1.54, 1.807) is 36.4 Å². The summed E-state index contributed by atoms with van der Waals surface area (Å²) < 4.78 is 47.2. The number of ether oxygens (including phenoxy) is 1. The minimum atomic E-state index is -4.06. The molecule has 0 spiro atoms. The van der Waals surface area contributed by atoms with E-state index in [0.29, 0.717) is 16.6 Å². The SMILES string of the molecule is COc1ccc(B2OC(C)(C)C(C)(C)O2)c2c(C(=O)C(C)(C)C)cn(S(=O)(=O)c3ccc(C)cc3)c12. The Kier molecular flexibility index (Phi) is 6.22. The number of fused-ring (bicyclic) bond motifs is 1. The van der Waals surface area contributed by atoms with E-state index in [9.17, 15) is 13.2 Å². The third-order valence-electron chi connectivity index (χ3n) is 7.14. The summed E-state index contributed by atoms with van der Waals surface area (Å²) in [5.41, 5.74) is 0.0758. The Hall–Kier alpha value is -2.62. The predicted octanol–water partition coefficient (Wildman–Crippen LogP) is 4.72. The lowest BCUT2D eigenvalue weighted by Crippen LogP contribution is -2.41. The van der Waals surface area contributed by atoms with Crippen LogP contribution in [0.1, 0.15) is 64.4 Å². The fraction of sp³-hybridized carbons (Fsp3) is 0.444. The Morgan fingerprint density at radius 3 is 2.03 bits per heavy atom. The Balaban J connectivity index is 2.08. The quantitative estimate of drug-likeness (QED) is 0.364. The third-order valence-corrected chi connectivity index (χ3v) is 8.81. The van der Waals surface area contributed by atoms with Crippen molar-refractivity contribution in [1.29, 1.82) is 0 Å². The molecule has 0 unspecified atom stereocenters. The van der Waals surface area contributed by atoms with Crippen molar-refractivity contribution in [3.05, 3.63) is 53.7 Å². The van der Waals surface area contributed by atoms with Crippen LogP contribution in [-0.4, -0.2) is 43.6 Å². The van der Waals surface area contributed by atoms with E-state index in [4.69, 9.17) is 14.0 Å². The molecule has 1 saturated heterocycles. The second-order valence-corrected chi connectivity index (χ2v) is 13.2. The molecule has 2 heterocycles. The summed E-state index contributed by atoms with van der Waals surface area (Å²) in [7, 11) is -3.38. The molecule has 0 saturated carbocycles. The molecule has 0 radical (unpaired) electrons. The zero-order valence-electron chi connectivity index (χ0n) is 22.4. The molecule has 0 aliphatic carbocycles. The van der Waals surface area contributed by atoms with Crippen molar-refractivity contribution < 1.29 is 27.3 Å². The molecule has 192 valence electrons. The molecule has 0 N–H and O–H groups in total. The van der Waals surface area contributed by atoms with Gasteiger partial charge >= 0.3 is 7.12 Å². The highest BCUT2D eigenvalue weighted by atomic mass is 32.2. The largest absolute Gasteiger partial charge is 0.495 e. The molecule has 0 bridgehead atoms. The second-order valence-electron chi connectivity index (χ2n) is 11.4. The van der Waals surface area contributed by atoms with Gasteiger partial charge in [0, 0.05) is 22.6 Å². The molecule has 4 rings (SSSR count). The predicted molar refractivity (Wildman–Crippen MR) is 142 cm³/mol. The van der Waals surface area contributed by atoms with Gasteiger partial charge in [-0.05, 0) is 58.3 Å². The number of hydrogen-bond acceptors (Lipinski definition) is 6. The van der Waals surface area contributed by atoms with E-state index in [0.717, 1.165) is 9.54 Å². The summed E-state index contributed by atoms with van der Waals surface area (Å²) in [6.45, 7) is 15.1. The van der Waals surface area contributed by atoms with Crippen LogP contribution in [0.25, 0.3) is 10.9 Å². The highest BCUT2D eigenvalue weighted by Gasteiger charge is 2.52. The van der Waals surface area contributed by atoms with Gasteiger partial charge in [-0.25, -0.2) is 12.4 Å². The molecule has 0 atom stereocenters. The van der Waals surface area contributed by atoms with Crippen molar-refractivity contribution in [2.24, 2.45) is 5.41 Å². The van der Waals surface area contributed by atoms with Gasteiger partial charge in [0.05, 0.1) is 23.2 Å². The number of ketones is 1. The number of carbonyl (C=O) groups excluding carboxylic acids is 1. The second kappa shape index (κ2) is 8.47. The number of nitrogens with zero attached hydrogens (tertiary/aromatic N) is 1. The first-order valence-electron chi connectivity index (χ1n) is 12.0. The van der Waals surface area contributed by atoms with E-state index in [1.165, 1.54) is 13.3 Å². The molecule has 1 aliphatic rings. The molecule has 3 aromatic rings. The maximum absolute atomic E-state index is 13.9. The number of rotatable bonds is 5. The number of Topliss-reactive ketones (excluding diaryl/α,β-unsaturated/α-hetero) is 1. The molecular weight excluding hydrogens is 477 g/mol. The molecular formula is C27H34BNO6S. The Morgan fingerprint density at radius 2 is 1.53 bits per heavy atom. The number of methoxy groups -OCH3 is 1. The van der Waals surface area contributed by atoms with E-state index in [1.807, 2.05) is 55.4 Å². The zero-order chi connectivity index (χ0) is 26.8. The van der Waals surface area contributed by atoms with Gasteiger partial charge in [-0.3, -0.25) is 4.79 Å². The minimum Gasteiger partial charge on any atom is -0.495 e. The van der Waals surface area contributed by atoms with Crippen molar-refractivity contribution in [2.45, 2.75) is 71.5 Å². The Bertz CT molecular complexity index is 1430. The van der Waals surface area contributed by atoms with Crippen LogP contribution < -0.4 is 10.2 Å². The lowest BCUT2D eigenvalue weighted by Gasteiger charge is -2.32. The molecule has 1 aliphatic heterocycles. The van der Waals surface area contributed by atoms with Gasteiger partial charge in [-0.15, -0.1) is 0 Å². The number of carbonyl (C=O) groups is 1. The van der Waals surface area contributed by atoms with Crippen LogP contribution in [0.5, 0.6) is 5.75 Å². The molecule has 36 heavy (non-hydrogen) atoms. The molecule has 1 aromatic heterocycles. The monoisotopic (exact) mass is 511 g/mol. The van der Waals surface area contributed by atoms with E-state index >= 15 is 0 Å². The molecule has 1 fully saturated rings. The van der Waals surface area contributed by atoms with Crippen LogP contribution in [0.2, 0.25) is 0 Å². The minimum absolute atomic E-state index is 0.114. The fourth-order valence-corrected chi connectivity index (χ4v) is 5.63. The summed E-state index contributed by atoms with van der Waals surface area (Å²) in [6.07, 6.45) is 1.41. The normalized spacial score (nSPS) is 17.5. The van der Waals surface area contributed by atoms with Crippen LogP contribution in [-0.2, 0) is 19.3 Å². The van der Waals surface area contributed by atoms with Gasteiger partial charge < -0.3 is 14.0 Å². The van der Waals surface area contributed by atoms with Crippen LogP contribution in [0, 0.1) is 12.3 Å². The van der Waals surface area contributed by atoms with Gasteiger partial charge in [-0.2, -0.15) is 0 Å². The first kappa shape index (κ1) is 26.4. The molecule has 9 heteroatoms. The maximum atomic E-state index is 13.9. The maximum Gasteiger partial charge on any atom is 0.495 e. The summed E-state index contributed by atoms with van der Waals surface area (Å²) >= 11 is 0. The fourth-order valence-electron chi connectivity index (χ4n) is 4.26. The Morgan fingerprint density at radius 1 is 0.972 bits per heavy atom. The first-order chi connectivity index (χ1) is 16.5. The Labute approximate surface area is 213 Å². The van der Waals surface area contributed by atoms with Crippen LogP contribution >= 0.6 is 0 Å². The average Bonchev–Trinajstić information content (AvgIpc) is 3.27. The third kappa shape index (κ3) is 4.17.